The Morgan fingerprint density at radius 2 is 2.19 bits per heavy atom. The Morgan fingerprint density at radius 3 is 2.67 bits per heavy atom. The monoisotopic (exact) mass is 294 g/mol. The lowest BCUT2D eigenvalue weighted by atomic mass is 10.1. The first-order chi connectivity index (χ1) is 9.94. The maximum absolute atomic E-state index is 12.6. The van der Waals surface area contributed by atoms with E-state index in [-0.39, 0.29) is 17.2 Å². The molecule has 7 heteroatoms. The number of nitrogens with one attached hydrogen (secondary N) is 1. The maximum Gasteiger partial charge on any atom is 0.288 e. The zero-order valence-corrected chi connectivity index (χ0v) is 12.9. The van der Waals surface area contributed by atoms with Crippen molar-refractivity contribution in [2.45, 2.75) is 27.2 Å². The lowest BCUT2D eigenvalue weighted by Gasteiger charge is -2.24. The summed E-state index contributed by atoms with van der Waals surface area (Å²) < 4.78 is 0. The molecule has 0 bridgehead atoms. The molecule has 7 nitrogen and oxygen atoms in total. The minimum atomic E-state index is -0.547. The fraction of sp³-hybridized carbons (Fsp3) is 0.571. The summed E-state index contributed by atoms with van der Waals surface area (Å²) >= 11 is 0. The van der Waals surface area contributed by atoms with Gasteiger partial charge >= 0.3 is 0 Å². The number of aromatic nitrogens is 1. The molecule has 1 N–H and O–H groups in total. The minimum Gasteiger partial charge on any atom is -0.372 e. The molecule has 0 saturated heterocycles. The van der Waals surface area contributed by atoms with Crippen LogP contribution in [-0.2, 0) is 0 Å². The van der Waals surface area contributed by atoms with Crippen LogP contribution in [0.2, 0.25) is 0 Å². The smallest absolute Gasteiger partial charge is 0.288 e. The van der Waals surface area contributed by atoms with Crippen LogP contribution in [0.1, 0.15) is 37.6 Å². The largest absolute Gasteiger partial charge is 0.372 e. The molecule has 21 heavy (non-hydrogen) atoms. The van der Waals surface area contributed by atoms with Crippen LogP contribution in [0.4, 0.5) is 11.5 Å². The molecular formula is C14H22N4O3. The summed E-state index contributed by atoms with van der Waals surface area (Å²) in [6.07, 6.45) is 2.11. The first-order valence-electron chi connectivity index (χ1n) is 7.05. The van der Waals surface area contributed by atoms with Crippen LogP contribution in [0.3, 0.4) is 0 Å². The molecule has 1 aromatic heterocycles. The summed E-state index contributed by atoms with van der Waals surface area (Å²) in [5, 5.41) is 13.7. The molecule has 1 atom stereocenters. The number of carbonyl (C=O) groups is 1. The molecular weight excluding hydrogens is 272 g/mol. The van der Waals surface area contributed by atoms with Crippen LogP contribution in [-0.4, -0.2) is 40.9 Å². The van der Waals surface area contributed by atoms with Gasteiger partial charge in [-0.15, -0.1) is 0 Å². The number of carbonyl (C=O) groups excluding carboxylic acids is 1. The number of pyridine rings is 1. The van der Waals surface area contributed by atoms with Gasteiger partial charge in [-0.05, 0) is 12.8 Å². The Labute approximate surface area is 124 Å². The number of hydrogen-bond donors (Lipinski definition) is 1. The van der Waals surface area contributed by atoms with Gasteiger partial charge in [0.25, 0.3) is 11.6 Å². The molecule has 0 aliphatic rings. The van der Waals surface area contributed by atoms with E-state index in [0.717, 1.165) is 12.6 Å². The van der Waals surface area contributed by atoms with E-state index in [9.17, 15) is 14.9 Å². The first-order valence-corrected chi connectivity index (χ1v) is 7.05. The highest BCUT2D eigenvalue weighted by atomic mass is 16.6. The Kier molecular flexibility index (Phi) is 6.08. The highest BCUT2D eigenvalue weighted by molar-refractivity contribution is 5.99. The molecule has 0 fully saturated rings. The predicted molar refractivity (Wildman–Crippen MR) is 81.5 cm³/mol. The Hall–Kier alpha value is -2.18. The second-order valence-electron chi connectivity index (χ2n) is 4.95. The number of nitrogens with zero attached hydrogens (tertiary/aromatic N) is 3. The van der Waals surface area contributed by atoms with Crippen molar-refractivity contribution in [2.75, 3.05) is 25.5 Å². The lowest BCUT2D eigenvalue weighted by Crippen LogP contribution is -2.35. The second kappa shape index (κ2) is 7.56. The summed E-state index contributed by atoms with van der Waals surface area (Å²) in [4.78, 5) is 28.6. The molecule has 0 aromatic carbocycles. The van der Waals surface area contributed by atoms with E-state index in [2.05, 4.69) is 24.1 Å². The molecule has 0 spiro atoms. The van der Waals surface area contributed by atoms with Gasteiger partial charge in [-0.1, -0.05) is 20.3 Å². The Morgan fingerprint density at radius 1 is 1.52 bits per heavy atom. The summed E-state index contributed by atoms with van der Waals surface area (Å²) in [5.41, 5.74) is 0.0498. The fourth-order valence-corrected chi connectivity index (χ4v) is 1.95. The van der Waals surface area contributed by atoms with Crippen LogP contribution >= 0.6 is 0 Å². The minimum absolute atomic E-state index is 0.183. The van der Waals surface area contributed by atoms with Crippen molar-refractivity contribution in [3.8, 4) is 0 Å². The van der Waals surface area contributed by atoms with Gasteiger partial charge in [-0.25, -0.2) is 4.98 Å². The van der Waals surface area contributed by atoms with Gasteiger partial charge < -0.3 is 10.2 Å². The highest BCUT2D eigenvalue weighted by Gasteiger charge is 2.22. The van der Waals surface area contributed by atoms with Crippen molar-refractivity contribution < 1.29 is 9.72 Å². The van der Waals surface area contributed by atoms with Crippen LogP contribution in [0.5, 0.6) is 0 Å². The van der Waals surface area contributed by atoms with Gasteiger partial charge in [-0.2, -0.15) is 0 Å². The zero-order chi connectivity index (χ0) is 16.0. The molecule has 0 radical (unpaired) electrons. The van der Waals surface area contributed by atoms with Gasteiger partial charge in [0.15, 0.2) is 0 Å². The summed E-state index contributed by atoms with van der Waals surface area (Å²) in [7, 11) is 1.63. The molecule has 0 saturated carbocycles. The third-order valence-electron chi connectivity index (χ3n) is 3.45. The lowest BCUT2D eigenvalue weighted by molar-refractivity contribution is -0.385. The van der Waals surface area contributed by atoms with Gasteiger partial charge in [0.1, 0.15) is 12.0 Å². The van der Waals surface area contributed by atoms with Crippen LogP contribution in [0, 0.1) is 16.0 Å². The van der Waals surface area contributed by atoms with Gasteiger partial charge in [0, 0.05) is 26.2 Å². The third kappa shape index (κ3) is 4.14. The van der Waals surface area contributed by atoms with Crippen LogP contribution < -0.4 is 5.32 Å². The predicted octanol–water partition coefficient (Wildman–Crippen LogP) is 2.54. The third-order valence-corrected chi connectivity index (χ3v) is 3.45. The van der Waals surface area contributed by atoms with E-state index in [1.807, 2.05) is 6.92 Å². The van der Waals surface area contributed by atoms with Crippen molar-refractivity contribution in [1.82, 2.24) is 9.88 Å². The highest BCUT2D eigenvalue weighted by Crippen LogP contribution is 2.21. The number of anilines is 1. The average molecular weight is 294 g/mol. The van der Waals surface area contributed by atoms with Crippen LogP contribution in [0.15, 0.2) is 12.3 Å². The normalized spacial score (nSPS) is 11.8. The summed E-state index contributed by atoms with van der Waals surface area (Å²) in [6, 6.07) is 1.28. The molecule has 116 valence electrons. The topological polar surface area (TPSA) is 88.4 Å². The number of nitro groups is 1. The van der Waals surface area contributed by atoms with Crippen LogP contribution in [0.25, 0.3) is 0 Å². The summed E-state index contributed by atoms with van der Waals surface area (Å²) in [5.74, 6) is 0.491. The van der Waals surface area contributed by atoms with E-state index >= 15 is 0 Å². The van der Waals surface area contributed by atoms with Gasteiger partial charge in [-0.3, -0.25) is 14.9 Å². The SMILES string of the molecule is CCC(C)CN(CC)C(=O)c1cc([N+](=O)[O-])cnc1NC. The zero-order valence-electron chi connectivity index (χ0n) is 12.9. The molecule has 0 aliphatic carbocycles. The molecule has 1 unspecified atom stereocenters. The first kappa shape index (κ1) is 16.9. The Bertz CT molecular complexity index is 519. The van der Waals surface area contributed by atoms with E-state index in [1.165, 1.54) is 6.07 Å². The second-order valence-corrected chi connectivity index (χ2v) is 4.95. The van der Waals surface area contributed by atoms with Gasteiger partial charge in [0.2, 0.25) is 0 Å². The molecule has 0 aliphatic heterocycles. The van der Waals surface area contributed by atoms with E-state index in [4.69, 9.17) is 0 Å². The van der Waals surface area contributed by atoms with E-state index in [1.54, 1.807) is 11.9 Å². The quantitative estimate of drug-likeness (QED) is 0.616. The van der Waals surface area contributed by atoms with E-state index < -0.39 is 4.92 Å². The van der Waals surface area contributed by atoms with Crippen molar-refractivity contribution in [3.63, 3.8) is 0 Å². The molecule has 1 aromatic rings. The van der Waals surface area contributed by atoms with E-state index in [0.29, 0.717) is 24.8 Å². The van der Waals surface area contributed by atoms with Gasteiger partial charge in [0.05, 0.1) is 10.5 Å². The van der Waals surface area contributed by atoms with Crippen molar-refractivity contribution in [3.05, 3.63) is 27.9 Å². The number of amides is 1. The fourth-order valence-electron chi connectivity index (χ4n) is 1.95. The molecule has 1 heterocycles. The summed E-state index contributed by atoms with van der Waals surface area (Å²) in [6.45, 7) is 7.20. The van der Waals surface area contributed by atoms with Crippen molar-refractivity contribution in [1.29, 1.82) is 0 Å². The Balaban J connectivity index is 3.13. The molecule has 1 rings (SSSR count). The van der Waals surface area contributed by atoms with Crippen molar-refractivity contribution >= 4 is 17.4 Å². The number of hydrogen-bond acceptors (Lipinski definition) is 5. The maximum atomic E-state index is 12.6. The number of rotatable bonds is 7. The molecule has 1 amide bonds. The average Bonchev–Trinajstić information content (AvgIpc) is 2.50. The standard InChI is InChI=1S/C14H22N4O3/c1-5-10(3)9-17(6-2)14(19)12-7-11(18(20)21)8-16-13(12)15-4/h7-8,10H,5-6,9H2,1-4H3,(H,15,16). The van der Waals surface area contributed by atoms with Crippen molar-refractivity contribution in [2.24, 2.45) is 5.92 Å².